The number of ether oxygens (including phenoxy) is 1. The molecule has 0 spiro atoms. The van der Waals surface area contributed by atoms with Crippen molar-refractivity contribution >= 4 is 0 Å². The summed E-state index contributed by atoms with van der Waals surface area (Å²) >= 11 is 0. The Morgan fingerprint density at radius 1 is 1.43 bits per heavy atom. The van der Waals surface area contributed by atoms with Crippen molar-refractivity contribution in [1.29, 1.82) is 0 Å². The average molecular weight is 207 g/mol. The van der Waals surface area contributed by atoms with E-state index >= 15 is 0 Å². The predicted molar refractivity (Wildman–Crippen MR) is 51.6 cm³/mol. The first-order valence-electron chi connectivity index (χ1n) is 4.96. The molecule has 1 aliphatic rings. The molecule has 2 nitrogen and oxygen atoms in total. The highest BCUT2D eigenvalue weighted by atomic mass is 19.3. The Hall–Kier alpha value is -0.220. The molecular weight excluding hydrogens is 188 g/mol. The third-order valence-corrected chi connectivity index (χ3v) is 3.30. The standard InChI is InChI=1S/C10H19F2NO/c1-6(9(11)12)13-7-5-8(14-4)10(7,2)3/h6-9,13H,5H2,1-4H3. The first-order valence-corrected chi connectivity index (χ1v) is 4.96. The van der Waals surface area contributed by atoms with Crippen LogP contribution in [-0.2, 0) is 4.74 Å². The average Bonchev–Trinajstić information content (AvgIpc) is 2.10. The van der Waals surface area contributed by atoms with Gasteiger partial charge in [0.2, 0.25) is 0 Å². The molecule has 4 heteroatoms. The molecule has 0 aromatic heterocycles. The van der Waals surface area contributed by atoms with Crippen molar-refractivity contribution in [1.82, 2.24) is 5.32 Å². The summed E-state index contributed by atoms with van der Waals surface area (Å²) in [5.74, 6) is 0. The van der Waals surface area contributed by atoms with Crippen LogP contribution >= 0.6 is 0 Å². The summed E-state index contributed by atoms with van der Waals surface area (Å²) in [5.41, 5.74) is -0.0437. The molecule has 0 saturated heterocycles. The van der Waals surface area contributed by atoms with E-state index in [0.29, 0.717) is 0 Å². The van der Waals surface area contributed by atoms with E-state index in [4.69, 9.17) is 4.74 Å². The number of rotatable bonds is 4. The molecule has 84 valence electrons. The minimum absolute atomic E-state index is 0.0437. The molecule has 0 heterocycles. The van der Waals surface area contributed by atoms with Crippen molar-refractivity contribution < 1.29 is 13.5 Å². The summed E-state index contributed by atoms with van der Waals surface area (Å²) in [6.45, 7) is 5.60. The Balaban J connectivity index is 2.42. The van der Waals surface area contributed by atoms with Crippen LogP contribution in [0.25, 0.3) is 0 Å². The van der Waals surface area contributed by atoms with E-state index in [1.54, 1.807) is 7.11 Å². The van der Waals surface area contributed by atoms with E-state index < -0.39 is 12.5 Å². The van der Waals surface area contributed by atoms with Gasteiger partial charge in [0.25, 0.3) is 6.43 Å². The van der Waals surface area contributed by atoms with Crippen LogP contribution < -0.4 is 5.32 Å². The SMILES string of the molecule is COC1CC(NC(C)C(F)F)C1(C)C. The van der Waals surface area contributed by atoms with Gasteiger partial charge in [0.05, 0.1) is 12.1 Å². The molecule has 1 fully saturated rings. The van der Waals surface area contributed by atoms with Gasteiger partial charge >= 0.3 is 0 Å². The molecule has 0 aliphatic heterocycles. The highest BCUT2D eigenvalue weighted by Crippen LogP contribution is 2.42. The van der Waals surface area contributed by atoms with Crippen LogP contribution in [0.5, 0.6) is 0 Å². The highest BCUT2D eigenvalue weighted by molar-refractivity contribution is 5.03. The second-order valence-corrected chi connectivity index (χ2v) is 4.62. The maximum Gasteiger partial charge on any atom is 0.253 e. The molecule has 14 heavy (non-hydrogen) atoms. The first-order chi connectivity index (χ1) is 6.39. The minimum atomic E-state index is -2.30. The van der Waals surface area contributed by atoms with Crippen molar-refractivity contribution in [3.05, 3.63) is 0 Å². The Bertz CT molecular complexity index is 197. The van der Waals surface area contributed by atoms with E-state index in [9.17, 15) is 8.78 Å². The summed E-state index contributed by atoms with van der Waals surface area (Å²) in [6, 6.07) is -0.603. The smallest absolute Gasteiger partial charge is 0.253 e. The fraction of sp³-hybridized carbons (Fsp3) is 1.00. The van der Waals surface area contributed by atoms with Gasteiger partial charge in [-0.2, -0.15) is 0 Å². The van der Waals surface area contributed by atoms with E-state index in [-0.39, 0.29) is 17.6 Å². The van der Waals surface area contributed by atoms with Crippen LogP contribution in [0.15, 0.2) is 0 Å². The van der Waals surface area contributed by atoms with Gasteiger partial charge in [0.15, 0.2) is 0 Å². The van der Waals surface area contributed by atoms with E-state index in [2.05, 4.69) is 5.32 Å². The van der Waals surface area contributed by atoms with Crippen LogP contribution in [0.2, 0.25) is 0 Å². The minimum Gasteiger partial charge on any atom is -0.381 e. The van der Waals surface area contributed by atoms with Gasteiger partial charge in [0.1, 0.15) is 0 Å². The lowest BCUT2D eigenvalue weighted by Crippen LogP contribution is -2.63. The fourth-order valence-electron chi connectivity index (χ4n) is 1.96. The monoisotopic (exact) mass is 207 g/mol. The normalized spacial score (nSPS) is 32.8. The first kappa shape index (κ1) is 11.9. The van der Waals surface area contributed by atoms with Crippen LogP contribution in [0.4, 0.5) is 8.78 Å². The fourth-order valence-corrected chi connectivity index (χ4v) is 1.96. The molecular formula is C10H19F2NO. The van der Waals surface area contributed by atoms with Gasteiger partial charge in [-0.15, -0.1) is 0 Å². The second-order valence-electron chi connectivity index (χ2n) is 4.62. The molecule has 0 aromatic rings. The van der Waals surface area contributed by atoms with Crippen molar-refractivity contribution in [2.75, 3.05) is 7.11 Å². The van der Waals surface area contributed by atoms with E-state index in [1.807, 2.05) is 13.8 Å². The maximum atomic E-state index is 12.3. The molecule has 1 N–H and O–H groups in total. The number of hydrogen-bond acceptors (Lipinski definition) is 2. The summed E-state index contributed by atoms with van der Waals surface area (Å²) < 4.78 is 29.8. The molecule has 0 radical (unpaired) electrons. The number of methoxy groups -OCH3 is 1. The summed E-state index contributed by atoms with van der Waals surface area (Å²) in [7, 11) is 1.67. The number of halogens is 2. The third kappa shape index (κ3) is 2.06. The van der Waals surface area contributed by atoms with Crippen LogP contribution in [0.3, 0.4) is 0 Å². The Labute approximate surface area is 84.0 Å². The van der Waals surface area contributed by atoms with Gasteiger partial charge in [-0.25, -0.2) is 8.78 Å². The lowest BCUT2D eigenvalue weighted by molar-refractivity contribution is -0.104. The molecule has 3 atom stereocenters. The molecule has 1 rings (SSSR count). The van der Waals surface area contributed by atoms with Gasteiger partial charge < -0.3 is 10.1 Å². The Morgan fingerprint density at radius 3 is 2.36 bits per heavy atom. The summed E-state index contributed by atoms with van der Waals surface area (Å²) in [6.07, 6.45) is -1.29. The van der Waals surface area contributed by atoms with Crippen LogP contribution in [0.1, 0.15) is 27.2 Å². The zero-order valence-electron chi connectivity index (χ0n) is 9.18. The van der Waals surface area contributed by atoms with Gasteiger partial charge in [0, 0.05) is 18.6 Å². The van der Waals surface area contributed by atoms with Gasteiger partial charge in [-0.3, -0.25) is 0 Å². The zero-order chi connectivity index (χ0) is 10.9. The van der Waals surface area contributed by atoms with Crippen molar-refractivity contribution in [3.63, 3.8) is 0 Å². The van der Waals surface area contributed by atoms with E-state index in [0.717, 1.165) is 6.42 Å². The molecule has 0 aromatic carbocycles. The summed E-state index contributed by atoms with van der Waals surface area (Å²) in [4.78, 5) is 0. The molecule has 1 saturated carbocycles. The van der Waals surface area contributed by atoms with Crippen LogP contribution in [-0.4, -0.2) is 31.7 Å². The molecule has 0 bridgehead atoms. The quantitative estimate of drug-likeness (QED) is 0.761. The molecule has 3 unspecified atom stereocenters. The number of hydrogen-bond donors (Lipinski definition) is 1. The van der Waals surface area contributed by atoms with Crippen molar-refractivity contribution in [2.45, 2.75) is 51.8 Å². The maximum absolute atomic E-state index is 12.3. The van der Waals surface area contributed by atoms with Crippen LogP contribution in [0, 0.1) is 5.41 Å². The third-order valence-electron chi connectivity index (χ3n) is 3.30. The lowest BCUT2D eigenvalue weighted by atomic mass is 9.64. The van der Waals surface area contributed by atoms with E-state index in [1.165, 1.54) is 6.92 Å². The van der Waals surface area contributed by atoms with Gasteiger partial charge in [-0.05, 0) is 13.3 Å². The van der Waals surface area contributed by atoms with Gasteiger partial charge in [-0.1, -0.05) is 13.8 Å². The molecule has 1 aliphatic carbocycles. The highest BCUT2D eigenvalue weighted by Gasteiger charge is 2.49. The predicted octanol–water partition coefficient (Wildman–Crippen LogP) is 2.04. The Kier molecular flexibility index (Phi) is 3.48. The second kappa shape index (κ2) is 4.11. The Morgan fingerprint density at radius 2 is 2.00 bits per heavy atom. The van der Waals surface area contributed by atoms with Crippen molar-refractivity contribution in [3.8, 4) is 0 Å². The largest absolute Gasteiger partial charge is 0.381 e. The number of nitrogens with one attached hydrogen (secondary N) is 1. The zero-order valence-corrected chi connectivity index (χ0v) is 9.18. The summed E-state index contributed by atoms with van der Waals surface area (Å²) in [5, 5.41) is 2.94. The van der Waals surface area contributed by atoms with Crippen molar-refractivity contribution in [2.24, 2.45) is 5.41 Å². The molecule has 0 amide bonds. The lowest BCUT2D eigenvalue weighted by Gasteiger charge is -2.52. The topological polar surface area (TPSA) is 21.3 Å². The number of alkyl halides is 2.